The summed E-state index contributed by atoms with van der Waals surface area (Å²) in [4.78, 5) is 28.8. The summed E-state index contributed by atoms with van der Waals surface area (Å²) in [5, 5.41) is 7.02. The fraction of sp³-hybridized carbons (Fsp3) is 0.333. The minimum atomic E-state index is -0.284. The molecule has 0 aliphatic carbocycles. The molecule has 0 unspecified atom stereocenters. The van der Waals surface area contributed by atoms with Gasteiger partial charge in [0.05, 0.1) is 16.9 Å². The molecule has 1 aliphatic rings. The second-order valence-electron chi connectivity index (χ2n) is 7.51. The Kier molecular flexibility index (Phi) is 6.43. The summed E-state index contributed by atoms with van der Waals surface area (Å²) in [7, 11) is 5.79. The van der Waals surface area contributed by atoms with Crippen molar-refractivity contribution in [2.45, 2.75) is 33.1 Å². The quantitative estimate of drug-likeness (QED) is 0.570. The topological polar surface area (TPSA) is 83.0 Å². The van der Waals surface area contributed by atoms with E-state index in [0.717, 1.165) is 24.5 Å². The van der Waals surface area contributed by atoms with Gasteiger partial charge in [0, 0.05) is 19.2 Å². The van der Waals surface area contributed by atoms with Gasteiger partial charge in [-0.2, -0.15) is 0 Å². The van der Waals surface area contributed by atoms with Crippen LogP contribution in [0.2, 0.25) is 5.02 Å². The van der Waals surface area contributed by atoms with E-state index in [4.69, 9.17) is 19.4 Å². The molecular weight excluding hydrogens is 431 g/mol. The molecule has 1 fully saturated rings. The van der Waals surface area contributed by atoms with Crippen LogP contribution in [0.4, 0.5) is 22.5 Å². The molecule has 4 rings (SSSR count). The van der Waals surface area contributed by atoms with E-state index in [0.29, 0.717) is 37.8 Å². The number of carbonyl (C=O) groups is 1. The Morgan fingerprint density at radius 1 is 1.16 bits per heavy atom. The highest BCUT2D eigenvalue weighted by molar-refractivity contribution is 7.17. The van der Waals surface area contributed by atoms with Crippen LogP contribution in [-0.2, 0) is 0 Å². The second-order valence-corrected chi connectivity index (χ2v) is 8.95. The molecular formula is C21H22BClN6OS. The molecule has 1 saturated heterocycles. The molecule has 1 aliphatic heterocycles. The lowest BCUT2D eigenvalue weighted by Gasteiger charge is -2.28. The van der Waals surface area contributed by atoms with Crippen LogP contribution in [0.15, 0.2) is 24.4 Å². The van der Waals surface area contributed by atoms with E-state index in [-0.39, 0.29) is 5.91 Å². The molecule has 31 heavy (non-hydrogen) atoms. The number of hydrogen-bond acceptors (Lipinski definition) is 7. The molecule has 2 N–H and O–H groups in total. The van der Waals surface area contributed by atoms with Crippen LogP contribution >= 0.6 is 22.9 Å². The summed E-state index contributed by atoms with van der Waals surface area (Å²) in [5.74, 6) is 1.98. The summed E-state index contributed by atoms with van der Waals surface area (Å²) in [6.45, 7) is 5.72. The lowest BCUT2D eigenvalue weighted by molar-refractivity contribution is 0.103. The van der Waals surface area contributed by atoms with Crippen molar-refractivity contribution in [1.82, 2.24) is 15.0 Å². The molecule has 2 aromatic heterocycles. The van der Waals surface area contributed by atoms with Crippen LogP contribution in [0.25, 0.3) is 0 Å². The van der Waals surface area contributed by atoms with Crippen LogP contribution in [0.1, 0.15) is 40.3 Å². The predicted octanol–water partition coefficient (Wildman–Crippen LogP) is 3.98. The minimum Gasteiger partial charge on any atom is -0.356 e. The maximum Gasteiger partial charge on any atom is 0.267 e. The second kappa shape index (κ2) is 9.24. The normalized spacial score (nSPS) is 13.8. The lowest BCUT2D eigenvalue weighted by Crippen LogP contribution is -2.30. The van der Waals surface area contributed by atoms with Crippen molar-refractivity contribution in [3.8, 4) is 0 Å². The van der Waals surface area contributed by atoms with Gasteiger partial charge < -0.3 is 15.5 Å². The van der Waals surface area contributed by atoms with E-state index >= 15 is 0 Å². The number of benzene rings is 1. The van der Waals surface area contributed by atoms with E-state index in [1.165, 1.54) is 36.8 Å². The van der Waals surface area contributed by atoms with Crippen LogP contribution in [0, 0.1) is 13.8 Å². The number of nitrogens with zero attached hydrogens (tertiary/aromatic N) is 4. The van der Waals surface area contributed by atoms with Crippen molar-refractivity contribution in [2.75, 3.05) is 28.6 Å². The average molecular weight is 453 g/mol. The molecule has 158 valence electrons. The number of carbonyl (C=O) groups excluding carboxylic acids is 1. The summed E-state index contributed by atoms with van der Waals surface area (Å²) in [5.41, 5.74) is 1.89. The van der Waals surface area contributed by atoms with Crippen LogP contribution < -0.4 is 21.0 Å². The van der Waals surface area contributed by atoms with Gasteiger partial charge in [0.15, 0.2) is 5.13 Å². The Balaban J connectivity index is 1.48. The first-order valence-corrected chi connectivity index (χ1v) is 11.3. The molecule has 0 spiro atoms. The van der Waals surface area contributed by atoms with Gasteiger partial charge in [-0.15, -0.1) is 0 Å². The Hall–Kier alpha value is -2.65. The van der Waals surface area contributed by atoms with Crippen molar-refractivity contribution in [1.29, 1.82) is 0 Å². The smallest absolute Gasteiger partial charge is 0.267 e. The van der Waals surface area contributed by atoms with E-state index in [9.17, 15) is 4.79 Å². The van der Waals surface area contributed by atoms with Gasteiger partial charge in [-0.05, 0) is 44.7 Å². The molecule has 0 bridgehead atoms. The van der Waals surface area contributed by atoms with Crippen LogP contribution in [0.5, 0.6) is 0 Å². The molecule has 1 aromatic carbocycles. The van der Waals surface area contributed by atoms with Crippen molar-refractivity contribution < 1.29 is 4.79 Å². The zero-order chi connectivity index (χ0) is 22.0. The van der Waals surface area contributed by atoms with Gasteiger partial charge in [0.1, 0.15) is 30.2 Å². The van der Waals surface area contributed by atoms with Crippen LogP contribution in [-0.4, -0.2) is 41.8 Å². The predicted molar refractivity (Wildman–Crippen MR) is 128 cm³/mol. The summed E-state index contributed by atoms with van der Waals surface area (Å²) in [6.07, 6.45) is 5.14. The fourth-order valence-corrected chi connectivity index (χ4v) is 4.59. The van der Waals surface area contributed by atoms with E-state index in [2.05, 4.69) is 30.5 Å². The number of rotatable bonds is 5. The molecule has 1 amide bonds. The average Bonchev–Trinajstić information content (AvgIpc) is 3.19. The third kappa shape index (κ3) is 5.16. The first kappa shape index (κ1) is 21.6. The van der Waals surface area contributed by atoms with Crippen molar-refractivity contribution in [3.63, 3.8) is 0 Å². The third-order valence-electron chi connectivity index (χ3n) is 5.02. The first-order valence-electron chi connectivity index (χ1n) is 10.1. The van der Waals surface area contributed by atoms with Crippen molar-refractivity contribution >= 4 is 64.6 Å². The molecule has 0 atom stereocenters. The monoisotopic (exact) mass is 452 g/mol. The summed E-state index contributed by atoms with van der Waals surface area (Å²) < 4.78 is 0. The first-order chi connectivity index (χ1) is 14.9. The standard InChI is InChI=1S/C21H22BClN6OS/c1-12-8-14(22)9-15(23)19(12)28-20(30)16-11-24-21(31-16)27-17-10-18(26-13(2)25-17)29-6-4-3-5-7-29/h8-11H,3-7H2,1-2H3,(H,28,30)(H,24,25,26,27). The van der Waals surface area contributed by atoms with E-state index in [1.54, 1.807) is 12.1 Å². The highest BCUT2D eigenvalue weighted by atomic mass is 35.5. The Labute approximate surface area is 191 Å². The van der Waals surface area contributed by atoms with E-state index in [1.807, 2.05) is 19.9 Å². The number of aromatic nitrogens is 3. The Morgan fingerprint density at radius 3 is 2.68 bits per heavy atom. The minimum absolute atomic E-state index is 0.284. The van der Waals surface area contributed by atoms with Gasteiger partial charge in [0.2, 0.25) is 0 Å². The van der Waals surface area contributed by atoms with Gasteiger partial charge in [-0.3, -0.25) is 4.79 Å². The zero-order valence-corrected chi connectivity index (χ0v) is 19.0. The summed E-state index contributed by atoms with van der Waals surface area (Å²) in [6, 6.07) is 5.30. The van der Waals surface area contributed by atoms with Crippen molar-refractivity contribution in [3.05, 3.63) is 45.7 Å². The number of amides is 1. The molecule has 3 heterocycles. The highest BCUT2D eigenvalue weighted by Gasteiger charge is 2.17. The maximum atomic E-state index is 12.7. The molecule has 0 saturated carbocycles. The van der Waals surface area contributed by atoms with Gasteiger partial charge in [-0.25, -0.2) is 15.0 Å². The van der Waals surface area contributed by atoms with Crippen LogP contribution in [0.3, 0.4) is 0 Å². The number of anilines is 4. The molecule has 10 heteroatoms. The summed E-state index contributed by atoms with van der Waals surface area (Å²) >= 11 is 7.48. The number of hydrogen-bond donors (Lipinski definition) is 2. The zero-order valence-electron chi connectivity index (χ0n) is 17.4. The maximum absolute atomic E-state index is 12.7. The highest BCUT2D eigenvalue weighted by Crippen LogP contribution is 2.28. The third-order valence-corrected chi connectivity index (χ3v) is 6.23. The fourth-order valence-electron chi connectivity index (χ4n) is 3.55. The Bertz CT molecular complexity index is 1090. The number of halogens is 1. The molecule has 2 radical (unpaired) electrons. The molecule has 7 nitrogen and oxygen atoms in total. The van der Waals surface area contributed by atoms with Gasteiger partial charge in [-0.1, -0.05) is 34.5 Å². The number of thiazole rings is 1. The number of aryl methyl sites for hydroxylation is 2. The van der Waals surface area contributed by atoms with Gasteiger partial charge in [0.25, 0.3) is 5.91 Å². The number of piperidine rings is 1. The number of nitrogens with one attached hydrogen (secondary N) is 2. The van der Waals surface area contributed by atoms with Crippen molar-refractivity contribution in [2.24, 2.45) is 0 Å². The largest absolute Gasteiger partial charge is 0.356 e. The van der Waals surface area contributed by atoms with Gasteiger partial charge >= 0.3 is 0 Å². The van der Waals surface area contributed by atoms with E-state index < -0.39 is 0 Å². The lowest BCUT2D eigenvalue weighted by atomic mass is 9.94. The molecule has 3 aromatic rings. The SMILES string of the molecule is [B]c1cc(C)c(NC(=O)c2cnc(Nc3cc(N4CCCCC4)nc(C)n3)s2)c(Cl)c1. The Morgan fingerprint density at radius 2 is 1.94 bits per heavy atom.